The number of benzene rings is 1. The maximum absolute atomic E-state index is 11.7. The third kappa shape index (κ3) is 5.27. The number of hydrogen-bond acceptors (Lipinski definition) is 4. The van der Waals surface area contributed by atoms with Crippen molar-refractivity contribution in [3.05, 3.63) is 29.7 Å². The van der Waals surface area contributed by atoms with Crippen LogP contribution in [0.4, 0.5) is 0 Å². The molecule has 0 fully saturated rings. The van der Waals surface area contributed by atoms with Crippen molar-refractivity contribution in [2.24, 2.45) is 0 Å². The Bertz CT molecular complexity index is 857. The van der Waals surface area contributed by atoms with E-state index in [-0.39, 0.29) is 12.5 Å². The van der Waals surface area contributed by atoms with E-state index in [1.165, 1.54) is 6.92 Å². The number of unbranched alkanes of at least 4 members (excludes halogenated alkanes) is 1. The molecule has 0 spiro atoms. The van der Waals surface area contributed by atoms with Crippen LogP contribution in [0.3, 0.4) is 0 Å². The minimum atomic E-state index is -4.11. The standard InChI is InChI=1S/C17H24N2O5S/c1-12-7-8-15-16(10-12)24-14(3)19(15)9-5-4-6-17(20)18-11-13(2)25(21,22)23/h7-8,10,13H,4-6,9,11H2,1-3H3,(H-,18,20,21,22,23)/p+1. The van der Waals surface area contributed by atoms with Crippen molar-refractivity contribution in [2.75, 3.05) is 6.54 Å². The van der Waals surface area contributed by atoms with Crippen molar-refractivity contribution >= 4 is 27.1 Å². The quantitative estimate of drug-likeness (QED) is 0.420. The predicted octanol–water partition coefficient (Wildman–Crippen LogP) is 1.90. The number of fused-ring (bicyclic) bond motifs is 1. The molecule has 1 aromatic carbocycles. The molecule has 1 amide bonds. The van der Waals surface area contributed by atoms with E-state index in [0.717, 1.165) is 35.5 Å². The van der Waals surface area contributed by atoms with Gasteiger partial charge < -0.3 is 9.73 Å². The molecule has 8 heteroatoms. The van der Waals surface area contributed by atoms with E-state index >= 15 is 0 Å². The highest BCUT2D eigenvalue weighted by molar-refractivity contribution is 7.86. The molecule has 0 saturated carbocycles. The zero-order chi connectivity index (χ0) is 18.6. The van der Waals surface area contributed by atoms with E-state index in [0.29, 0.717) is 12.8 Å². The molecule has 0 aliphatic heterocycles. The minimum Gasteiger partial charge on any atom is -0.402 e. The third-order valence-corrected chi connectivity index (χ3v) is 5.36. The maximum atomic E-state index is 11.7. The number of carbonyl (C=O) groups excluding carboxylic acids is 1. The van der Waals surface area contributed by atoms with Crippen molar-refractivity contribution < 1.29 is 26.7 Å². The fourth-order valence-electron chi connectivity index (χ4n) is 2.59. The van der Waals surface area contributed by atoms with Crippen LogP contribution in [-0.4, -0.2) is 30.7 Å². The number of nitrogens with one attached hydrogen (secondary N) is 1. The molecule has 2 aromatic rings. The number of amides is 1. The summed E-state index contributed by atoms with van der Waals surface area (Å²) in [5, 5.41) is 1.52. The lowest BCUT2D eigenvalue weighted by Gasteiger charge is -2.09. The second-order valence-electron chi connectivity index (χ2n) is 6.33. The Hall–Kier alpha value is -1.93. The number of aryl methyl sites for hydroxylation is 3. The van der Waals surface area contributed by atoms with Crippen LogP contribution in [-0.2, 0) is 21.5 Å². The second kappa shape index (κ2) is 7.97. The molecule has 1 atom stereocenters. The molecular formula is C17H25N2O5S+. The first-order chi connectivity index (χ1) is 11.7. The third-order valence-electron chi connectivity index (χ3n) is 4.17. The lowest BCUT2D eigenvalue weighted by Crippen LogP contribution is -2.36. The Morgan fingerprint density at radius 1 is 1.32 bits per heavy atom. The first-order valence-electron chi connectivity index (χ1n) is 8.31. The summed E-state index contributed by atoms with van der Waals surface area (Å²) < 4.78 is 38.5. The number of aromatic nitrogens is 1. The molecule has 0 bridgehead atoms. The summed E-state index contributed by atoms with van der Waals surface area (Å²) in [6, 6.07) is 6.07. The van der Waals surface area contributed by atoms with Crippen LogP contribution in [0.2, 0.25) is 0 Å². The molecular weight excluding hydrogens is 344 g/mol. The van der Waals surface area contributed by atoms with E-state index in [4.69, 9.17) is 8.97 Å². The van der Waals surface area contributed by atoms with Gasteiger partial charge in [0, 0.05) is 25.5 Å². The van der Waals surface area contributed by atoms with Crippen LogP contribution in [0.15, 0.2) is 22.6 Å². The van der Waals surface area contributed by atoms with Gasteiger partial charge in [-0.15, -0.1) is 0 Å². The SMILES string of the molecule is Cc1ccc2c(c1)oc(C)[n+]2CCCCC(=O)NCC(C)S(=O)(=O)O. The lowest BCUT2D eigenvalue weighted by atomic mass is 10.2. The van der Waals surface area contributed by atoms with Crippen LogP contribution < -0.4 is 9.88 Å². The zero-order valence-corrected chi connectivity index (χ0v) is 15.6. The van der Waals surface area contributed by atoms with Crippen molar-refractivity contribution in [1.29, 1.82) is 0 Å². The van der Waals surface area contributed by atoms with E-state index in [9.17, 15) is 13.2 Å². The molecule has 25 heavy (non-hydrogen) atoms. The van der Waals surface area contributed by atoms with Crippen molar-refractivity contribution in [2.45, 2.75) is 51.8 Å². The first kappa shape index (κ1) is 19.4. The Kier molecular flexibility index (Phi) is 6.18. The van der Waals surface area contributed by atoms with E-state index in [1.54, 1.807) is 0 Å². The summed E-state index contributed by atoms with van der Waals surface area (Å²) in [6.45, 7) is 5.94. The fourth-order valence-corrected chi connectivity index (χ4v) is 2.89. The summed E-state index contributed by atoms with van der Waals surface area (Å²) in [6.07, 6.45) is 1.79. The maximum Gasteiger partial charge on any atom is 0.344 e. The van der Waals surface area contributed by atoms with Crippen LogP contribution >= 0.6 is 0 Å². The van der Waals surface area contributed by atoms with E-state index in [1.807, 2.05) is 32.0 Å². The normalized spacial score (nSPS) is 13.1. The summed E-state index contributed by atoms with van der Waals surface area (Å²) >= 11 is 0. The average molecular weight is 369 g/mol. The number of nitrogens with zero attached hydrogens (tertiary/aromatic N) is 1. The summed E-state index contributed by atoms with van der Waals surface area (Å²) in [7, 11) is -4.11. The minimum absolute atomic E-state index is 0.0861. The monoisotopic (exact) mass is 369 g/mol. The highest BCUT2D eigenvalue weighted by atomic mass is 32.2. The average Bonchev–Trinajstić information content (AvgIpc) is 2.82. The number of oxazole rings is 1. The molecule has 138 valence electrons. The van der Waals surface area contributed by atoms with Crippen LogP contribution in [0.1, 0.15) is 37.6 Å². The lowest BCUT2D eigenvalue weighted by molar-refractivity contribution is -0.683. The van der Waals surface area contributed by atoms with Crippen molar-refractivity contribution in [3.8, 4) is 0 Å². The Morgan fingerprint density at radius 2 is 2.04 bits per heavy atom. The van der Waals surface area contributed by atoms with Crippen LogP contribution in [0.25, 0.3) is 11.1 Å². The van der Waals surface area contributed by atoms with Gasteiger partial charge in [0.05, 0.1) is 6.92 Å². The van der Waals surface area contributed by atoms with Crippen molar-refractivity contribution in [3.63, 3.8) is 0 Å². The second-order valence-corrected chi connectivity index (χ2v) is 8.17. The van der Waals surface area contributed by atoms with Gasteiger partial charge in [0.2, 0.25) is 11.5 Å². The molecule has 0 radical (unpaired) electrons. The fraction of sp³-hybridized carbons (Fsp3) is 0.529. The largest absolute Gasteiger partial charge is 0.402 e. The van der Waals surface area contributed by atoms with Gasteiger partial charge in [-0.05, 0) is 31.9 Å². The first-order valence-corrected chi connectivity index (χ1v) is 9.81. The predicted molar refractivity (Wildman–Crippen MR) is 93.8 cm³/mol. The zero-order valence-electron chi connectivity index (χ0n) is 14.8. The van der Waals surface area contributed by atoms with E-state index in [2.05, 4.69) is 9.88 Å². The van der Waals surface area contributed by atoms with Gasteiger partial charge in [-0.1, -0.05) is 6.07 Å². The van der Waals surface area contributed by atoms with Gasteiger partial charge in [0.25, 0.3) is 15.6 Å². The Labute approximate surface area is 147 Å². The molecule has 1 aromatic heterocycles. The molecule has 1 unspecified atom stereocenters. The summed E-state index contributed by atoms with van der Waals surface area (Å²) in [4.78, 5) is 11.7. The van der Waals surface area contributed by atoms with Crippen LogP contribution in [0, 0.1) is 13.8 Å². The number of hydrogen-bond donors (Lipinski definition) is 2. The van der Waals surface area contributed by atoms with Gasteiger partial charge in [-0.2, -0.15) is 13.0 Å². The molecule has 0 aliphatic carbocycles. The molecule has 2 rings (SSSR count). The molecule has 7 nitrogen and oxygen atoms in total. The molecule has 0 aliphatic rings. The summed E-state index contributed by atoms with van der Waals surface area (Å²) in [5.74, 6) is 0.608. The van der Waals surface area contributed by atoms with Crippen molar-refractivity contribution in [1.82, 2.24) is 5.32 Å². The molecule has 1 heterocycles. The topological polar surface area (TPSA) is 100 Å². The number of rotatable bonds is 8. The van der Waals surface area contributed by atoms with Gasteiger partial charge in [0.15, 0.2) is 6.54 Å². The highest BCUT2D eigenvalue weighted by Crippen LogP contribution is 2.15. The molecule has 2 N–H and O–H groups in total. The Balaban J connectivity index is 1.80. The Morgan fingerprint density at radius 3 is 2.72 bits per heavy atom. The van der Waals surface area contributed by atoms with Gasteiger partial charge in [-0.25, -0.2) is 0 Å². The summed E-state index contributed by atoms with van der Waals surface area (Å²) in [5.41, 5.74) is 3.04. The van der Waals surface area contributed by atoms with Crippen LogP contribution in [0.5, 0.6) is 0 Å². The molecule has 0 saturated heterocycles. The highest BCUT2D eigenvalue weighted by Gasteiger charge is 2.19. The van der Waals surface area contributed by atoms with Gasteiger partial charge in [-0.3, -0.25) is 9.35 Å². The van der Waals surface area contributed by atoms with Gasteiger partial charge in [0.1, 0.15) is 5.25 Å². The van der Waals surface area contributed by atoms with E-state index < -0.39 is 15.4 Å². The van der Waals surface area contributed by atoms with Gasteiger partial charge >= 0.3 is 5.89 Å². The smallest absolute Gasteiger partial charge is 0.344 e. The number of carbonyl (C=O) groups is 1.